The summed E-state index contributed by atoms with van der Waals surface area (Å²) in [6, 6.07) is 92.7. The summed E-state index contributed by atoms with van der Waals surface area (Å²) >= 11 is 1.88. The molecule has 0 fully saturated rings. The van der Waals surface area contributed by atoms with Crippen LogP contribution in [-0.2, 0) is 0 Å². The number of thiophene rings is 1. The van der Waals surface area contributed by atoms with Crippen LogP contribution in [0, 0.1) is 0 Å². The van der Waals surface area contributed by atoms with Gasteiger partial charge in [0.1, 0.15) is 0 Å². The number of hydrogen-bond donors (Lipinski definition) is 0. The smallest absolute Gasteiger partial charge is 0.0355 e. The first-order valence-electron chi connectivity index (χ1n) is 25.4. The van der Waals surface area contributed by atoms with Gasteiger partial charge < -0.3 is 0 Å². The Bertz CT molecular complexity index is 5150. The van der Waals surface area contributed by atoms with E-state index in [2.05, 4.69) is 243 Å². The van der Waals surface area contributed by atoms with Crippen LogP contribution in [0.5, 0.6) is 0 Å². The second-order valence-corrected chi connectivity index (χ2v) is 21.2. The quantitative estimate of drug-likeness (QED) is 0.144. The van der Waals surface area contributed by atoms with Crippen molar-refractivity contribution in [1.82, 2.24) is 0 Å². The molecule has 0 unspecified atom stereocenters. The fraction of sp³-hybridized carbons (Fsp3) is 0. The van der Waals surface area contributed by atoms with E-state index in [4.69, 9.17) is 0 Å². The van der Waals surface area contributed by atoms with Gasteiger partial charge in [-0.3, -0.25) is 0 Å². The lowest BCUT2D eigenvalue weighted by Gasteiger charge is -2.28. The molecule has 1 aliphatic carbocycles. The molecule has 334 valence electrons. The van der Waals surface area contributed by atoms with Crippen molar-refractivity contribution in [2.24, 2.45) is 0 Å². The van der Waals surface area contributed by atoms with Crippen LogP contribution < -0.4 is 0 Å². The molecule has 0 saturated carbocycles. The van der Waals surface area contributed by atoms with Gasteiger partial charge in [0.15, 0.2) is 0 Å². The van der Waals surface area contributed by atoms with Crippen molar-refractivity contribution in [1.29, 1.82) is 0 Å². The predicted molar refractivity (Wildman–Crippen MR) is 318 cm³/mol. The third-order valence-corrected chi connectivity index (χ3v) is 17.7. The van der Waals surface area contributed by atoms with E-state index in [0.29, 0.717) is 0 Å². The Morgan fingerprint density at radius 2 is 0.452 bits per heavy atom. The summed E-state index contributed by atoms with van der Waals surface area (Å²) in [6.07, 6.45) is 0. The van der Waals surface area contributed by atoms with E-state index < -0.39 is 0 Å². The summed E-state index contributed by atoms with van der Waals surface area (Å²) in [7, 11) is 0. The lowest BCUT2D eigenvalue weighted by Crippen LogP contribution is -2.01. The molecule has 1 heterocycles. The first-order valence-corrected chi connectivity index (χ1v) is 26.2. The predicted octanol–water partition coefficient (Wildman–Crippen LogP) is 21.1. The van der Waals surface area contributed by atoms with Gasteiger partial charge >= 0.3 is 0 Å². The molecule has 73 heavy (non-hydrogen) atoms. The highest BCUT2D eigenvalue weighted by molar-refractivity contribution is 7.25. The number of fused-ring (bicyclic) bond motifs is 29. The zero-order chi connectivity index (χ0) is 47.5. The molecule has 0 saturated heterocycles. The van der Waals surface area contributed by atoms with Gasteiger partial charge in [-0.15, -0.1) is 11.3 Å². The first kappa shape index (κ1) is 39.6. The highest BCUT2D eigenvalue weighted by Gasteiger charge is 2.29. The summed E-state index contributed by atoms with van der Waals surface area (Å²) in [6.45, 7) is 0. The number of benzene rings is 15. The van der Waals surface area contributed by atoms with Gasteiger partial charge in [-0.25, -0.2) is 0 Å². The maximum absolute atomic E-state index is 2.57. The van der Waals surface area contributed by atoms with Crippen LogP contribution >= 0.6 is 11.3 Å². The molecule has 0 spiro atoms. The zero-order valence-electron chi connectivity index (χ0n) is 39.5. The van der Waals surface area contributed by atoms with E-state index >= 15 is 0 Å². The summed E-state index contributed by atoms with van der Waals surface area (Å²) in [5, 5.41) is 25.5. The van der Waals surface area contributed by atoms with Gasteiger partial charge in [-0.2, -0.15) is 0 Å². The van der Waals surface area contributed by atoms with Gasteiger partial charge in [0.05, 0.1) is 0 Å². The van der Waals surface area contributed by atoms with Gasteiger partial charge in [-0.05, 0) is 207 Å². The van der Waals surface area contributed by atoms with Crippen molar-refractivity contribution >= 4 is 128 Å². The van der Waals surface area contributed by atoms with Crippen LogP contribution in [0.25, 0.3) is 173 Å². The van der Waals surface area contributed by atoms with Crippen LogP contribution in [0.2, 0.25) is 0 Å². The molecule has 0 aliphatic heterocycles. The monoisotopic (exact) mass is 936 g/mol. The van der Waals surface area contributed by atoms with Crippen molar-refractivity contribution in [3.05, 3.63) is 243 Å². The molecule has 0 nitrogen and oxygen atoms in total. The maximum Gasteiger partial charge on any atom is 0.0355 e. The SMILES string of the molecule is c1cc(-c2ccc3sc4ccccc4c3c2)c2c(c1)-c1cc3c4ccccc4c4ccccc4c3cc1-c1cc3c4ccccc4c4ccccc4c3cc1-c1cc3c4ccccc4c4ccccc4c3cc1-2. The molecule has 17 rings (SSSR count). The minimum absolute atomic E-state index is 1.22. The Hall–Kier alpha value is -9.14. The van der Waals surface area contributed by atoms with Crippen molar-refractivity contribution in [3.8, 4) is 55.6 Å². The van der Waals surface area contributed by atoms with E-state index in [1.165, 1.54) is 173 Å². The minimum Gasteiger partial charge on any atom is -0.135 e. The Morgan fingerprint density at radius 3 is 0.849 bits per heavy atom. The molecule has 1 aliphatic rings. The number of rotatable bonds is 1. The molecule has 0 amide bonds. The molecule has 1 heteroatoms. The average molecular weight is 937 g/mol. The van der Waals surface area contributed by atoms with E-state index in [-0.39, 0.29) is 0 Å². The summed E-state index contributed by atoms with van der Waals surface area (Å²) in [4.78, 5) is 0. The van der Waals surface area contributed by atoms with Crippen LogP contribution in [0.15, 0.2) is 243 Å². The highest BCUT2D eigenvalue weighted by atomic mass is 32.1. The first-order chi connectivity index (χ1) is 36.2. The molecular weight excluding hydrogens is 897 g/mol. The molecule has 15 aromatic carbocycles. The largest absolute Gasteiger partial charge is 0.135 e. The Balaban J connectivity index is 1.12. The minimum atomic E-state index is 1.22. The Labute approximate surface area is 424 Å². The van der Waals surface area contributed by atoms with Crippen molar-refractivity contribution in [2.75, 3.05) is 0 Å². The molecule has 0 atom stereocenters. The van der Waals surface area contributed by atoms with Crippen LogP contribution in [0.4, 0.5) is 0 Å². The van der Waals surface area contributed by atoms with Crippen molar-refractivity contribution in [2.45, 2.75) is 0 Å². The lowest BCUT2D eigenvalue weighted by atomic mass is 9.75. The van der Waals surface area contributed by atoms with E-state index in [0.717, 1.165) is 0 Å². The van der Waals surface area contributed by atoms with E-state index in [9.17, 15) is 0 Å². The second-order valence-electron chi connectivity index (χ2n) is 20.1. The van der Waals surface area contributed by atoms with Gasteiger partial charge in [0.25, 0.3) is 0 Å². The van der Waals surface area contributed by atoms with Crippen molar-refractivity contribution in [3.63, 3.8) is 0 Å². The van der Waals surface area contributed by atoms with Crippen molar-refractivity contribution < 1.29 is 0 Å². The van der Waals surface area contributed by atoms with Gasteiger partial charge in [-0.1, -0.05) is 188 Å². The normalized spacial score (nSPS) is 12.4. The van der Waals surface area contributed by atoms with Gasteiger partial charge in [0, 0.05) is 20.2 Å². The summed E-state index contributed by atoms with van der Waals surface area (Å²) in [5.74, 6) is 0. The highest BCUT2D eigenvalue weighted by Crippen LogP contribution is 2.56. The average Bonchev–Trinajstić information content (AvgIpc) is 3.84. The molecule has 0 bridgehead atoms. The fourth-order valence-electron chi connectivity index (χ4n) is 13.4. The third kappa shape index (κ3) is 5.44. The fourth-order valence-corrected chi connectivity index (χ4v) is 14.5. The van der Waals surface area contributed by atoms with Crippen LogP contribution in [0.1, 0.15) is 0 Å². The van der Waals surface area contributed by atoms with Gasteiger partial charge in [0.2, 0.25) is 0 Å². The molecule has 0 radical (unpaired) electrons. The van der Waals surface area contributed by atoms with E-state index in [1.54, 1.807) is 0 Å². The zero-order valence-corrected chi connectivity index (χ0v) is 40.3. The molecule has 16 aromatic rings. The standard InChI is InChI=1S/C72H40S/c1-7-22-49-43(16-1)44-17-2-8-23-50(44)58-36-64-63(35-57(49)58)56-30-15-29-42(41-32-33-71-68(34-41)55-28-13-14-31-70(55)73-71)72(56)69-40-62-54-27-12-6-21-48(54)47-20-5-11-26-53(47)61(62)39-67(69)66-38-60-52-25-10-4-19-46(52)45-18-3-9-24-51(45)59(60)37-65(64)66/h1-40H. The molecule has 1 aromatic heterocycles. The topological polar surface area (TPSA) is 0 Å². The molecular formula is C72H40S. The van der Waals surface area contributed by atoms with Crippen LogP contribution in [-0.4, -0.2) is 0 Å². The van der Waals surface area contributed by atoms with Crippen LogP contribution in [0.3, 0.4) is 0 Å². The summed E-state index contributed by atoms with van der Waals surface area (Å²) in [5.41, 5.74) is 12.4. The number of hydrogen-bond acceptors (Lipinski definition) is 1. The summed E-state index contributed by atoms with van der Waals surface area (Å²) < 4.78 is 2.63. The molecule has 0 N–H and O–H groups in total. The lowest BCUT2D eigenvalue weighted by molar-refractivity contribution is 1.56. The van der Waals surface area contributed by atoms with E-state index in [1.807, 2.05) is 11.3 Å². The third-order valence-electron chi connectivity index (χ3n) is 16.5. The second kappa shape index (κ2) is 14.7. The maximum atomic E-state index is 2.57. The Morgan fingerprint density at radius 1 is 0.164 bits per heavy atom. The Kier molecular flexibility index (Phi) is 7.97.